The van der Waals surface area contributed by atoms with Crippen molar-refractivity contribution in [2.75, 3.05) is 0 Å². The molecular formula is C11H19Br2N3. The van der Waals surface area contributed by atoms with Crippen LogP contribution in [-0.2, 0) is 6.54 Å². The molecule has 0 aliphatic carbocycles. The number of hydrogen-bond donors (Lipinski definition) is 1. The zero-order valence-electron chi connectivity index (χ0n) is 10.2. The molecule has 3 nitrogen and oxygen atoms in total. The number of nitrogens with one attached hydrogen (secondary N) is 1. The molecule has 1 aromatic rings. The van der Waals surface area contributed by atoms with Crippen molar-refractivity contribution in [2.24, 2.45) is 0 Å². The van der Waals surface area contributed by atoms with Crippen LogP contribution < -0.4 is 5.32 Å². The predicted octanol–water partition coefficient (Wildman–Crippen LogP) is 3.88. The van der Waals surface area contributed by atoms with Crippen LogP contribution in [0.4, 0.5) is 0 Å². The normalized spacial score (nSPS) is 13.4. The fraction of sp³-hybridized carbons (Fsp3) is 0.727. The fourth-order valence-corrected chi connectivity index (χ4v) is 2.58. The van der Waals surface area contributed by atoms with Gasteiger partial charge in [-0.3, -0.25) is 0 Å². The Bertz CT molecular complexity index is 347. The second-order valence-corrected chi connectivity index (χ2v) is 5.77. The van der Waals surface area contributed by atoms with Crippen LogP contribution in [0.15, 0.2) is 9.21 Å². The first-order valence-electron chi connectivity index (χ1n) is 5.62. The lowest BCUT2D eigenvalue weighted by Gasteiger charge is -2.15. The van der Waals surface area contributed by atoms with Gasteiger partial charge in [-0.1, -0.05) is 6.92 Å². The molecule has 1 unspecified atom stereocenters. The molecule has 16 heavy (non-hydrogen) atoms. The number of rotatable bonds is 5. The lowest BCUT2D eigenvalue weighted by Crippen LogP contribution is -2.26. The molecule has 0 spiro atoms. The monoisotopic (exact) mass is 351 g/mol. The molecule has 92 valence electrons. The van der Waals surface area contributed by atoms with Gasteiger partial charge < -0.3 is 9.88 Å². The Hall–Kier alpha value is 0.130. The maximum atomic E-state index is 4.51. The van der Waals surface area contributed by atoms with Crippen molar-refractivity contribution in [1.82, 2.24) is 14.9 Å². The molecule has 1 heterocycles. The molecular weight excluding hydrogens is 334 g/mol. The largest absolute Gasteiger partial charge is 0.318 e. The van der Waals surface area contributed by atoms with Crippen LogP contribution in [0.25, 0.3) is 0 Å². The molecule has 0 aliphatic heterocycles. The summed E-state index contributed by atoms with van der Waals surface area (Å²) in [6, 6.07) is 0.928. The Balaban J connectivity index is 2.83. The summed E-state index contributed by atoms with van der Waals surface area (Å²) in [5.41, 5.74) is 0. The van der Waals surface area contributed by atoms with Gasteiger partial charge in [-0.25, -0.2) is 4.98 Å². The van der Waals surface area contributed by atoms with Gasteiger partial charge in [0.15, 0.2) is 0 Å². The average Bonchev–Trinajstić information content (AvgIpc) is 2.51. The molecule has 0 saturated heterocycles. The van der Waals surface area contributed by atoms with Crippen LogP contribution in [0.2, 0.25) is 0 Å². The summed E-state index contributed by atoms with van der Waals surface area (Å²) in [6.45, 7) is 9.49. The van der Waals surface area contributed by atoms with Gasteiger partial charge in [0.05, 0.1) is 6.54 Å². The van der Waals surface area contributed by atoms with E-state index in [-0.39, 0.29) is 0 Å². The van der Waals surface area contributed by atoms with Crippen LogP contribution in [0.5, 0.6) is 0 Å². The maximum absolute atomic E-state index is 4.51. The molecule has 0 fully saturated rings. The summed E-state index contributed by atoms with van der Waals surface area (Å²) in [7, 11) is 0. The third kappa shape index (κ3) is 3.31. The van der Waals surface area contributed by atoms with Gasteiger partial charge in [-0.05, 0) is 59.1 Å². The first-order chi connectivity index (χ1) is 7.47. The molecule has 0 amide bonds. The molecule has 0 aromatic carbocycles. The second-order valence-electron chi connectivity index (χ2n) is 4.26. The van der Waals surface area contributed by atoms with Crippen LogP contribution in [0.1, 0.15) is 46.0 Å². The number of halogens is 2. The molecule has 5 heteroatoms. The quantitative estimate of drug-likeness (QED) is 0.871. The first kappa shape index (κ1) is 14.2. The topological polar surface area (TPSA) is 29.9 Å². The number of imidazole rings is 1. The molecule has 0 bridgehead atoms. The molecule has 0 saturated carbocycles. The van der Waals surface area contributed by atoms with Gasteiger partial charge in [-0.15, -0.1) is 0 Å². The van der Waals surface area contributed by atoms with Crippen molar-refractivity contribution < 1.29 is 0 Å². The Morgan fingerprint density at radius 1 is 1.31 bits per heavy atom. The summed E-state index contributed by atoms with van der Waals surface area (Å²) in [5, 5.41) is 3.46. The number of hydrogen-bond acceptors (Lipinski definition) is 2. The number of aromatic nitrogens is 2. The summed E-state index contributed by atoms with van der Waals surface area (Å²) < 4.78 is 4.09. The minimum Gasteiger partial charge on any atom is -0.318 e. The molecule has 1 atom stereocenters. The number of nitrogens with zero attached hydrogens (tertiary/aromatic N) is 2. The Labute approximate surface area is 114 Å². The lowest BCUT2D eigenvalue weighted by molar-refractivity contribution is 0.488. The van der Waals surface area contributed by atoms with E-state index in [2.05, 4.69) is 74.4 Å². The van der Waals surface area contributed by atoms with Gasteiger partial charge >= 0.3 is 0 Å². The summed E-state index contributed by atoms with van der Waals surface area (Å²) in [5.74, 6) is 1.06. The molecule has 1 N–H and O–H groups in total. The minimum atomic E-state index is 0.405. The predicted molar refractivity (Wildman–Crippen MR) is 74.6 cm³/mol. The van der Waals surface area contributed by atoms with Crippen LogP contribution in [0, 0.1) is 0 Å². The van der Waals surface area contributed by atoms with Crippen molar-refractivity contribution in [1.29, 1.82) is 0 Å². The molecule has 0 radical (unpaired) electrons. The Morgan fingerprint density at radius 2 is 1.94 bits per heavy atom. The summed E-state index contributed by atoms with van der Waals surface area (Å²) >= 11 is 7.00. The first-order valence-corrected chi connectivity index (χ1v) is 7.21. The van der Waals surface area contributed by atoms with E-state index in [0.717, 1.165) is 28.0 Å². The van der Waals surface area contributed by atoms with E-state index in [0.29, 0.717) is 12.1 Å². The second kappa shape index (κ2) is 6.17. The third-order valence-electron chi connectivity index (χ3n) is 2.62. The zero-order valence-corrected chi connectivity index (χ0v) is 13.4. The highest BCUT2D eigenvalue weighted by molar-refractivity contribution is 9.13. The van der Waals surface area contributed by atoms with E-state index in [1.165, 1.54) is 0 Å². The van der Waals surface area contributed by atoms with Crippen LogP contribution >= 0.6 is 31.9 Å². The maximum Gasteiger partial charge on any atom is 0.139 e. The SMILES string of the molecule is CCC(C)NCc1nc(Br)c(Br)n1C(C)C. The van der Waals surface area contributed by atoms with E-state index in [1.54, 1.807) is 0 Å². The van der Waals surface area contributed by atoms with Crippen molar-refractivity contribution in [3.8, 4) is 0 Å². The van der Waals surface area contributed by atoms with Crippen molar-refractivity contribution >= 4 is 31.9 Å². The minimum absolute atomic E-state index is 0.405. The molecule has 1 aromatic heterocycles. The third-order valence-corrected chi connectivity index (χ3v) is 4.47. The fourth-order valence-electron chi connectivity index (χ4n) is 1.49. The highest BCUT2D eigenvalue weighted by Gasteiger charge is 2.15. The Kier molecular flexibility index (Phi) is 5.47. The van der Waals surface area contributed by atoms with E-state index in [4.69, 9.17) is 0 Å². The average molecular weight is 353 g/mol. The van der Waals surface area contributed by atoms with Gasteiger partial charge in [0.1, 0.15) is 15.0 Å². The van der Waals surface area contributed by atoms with E-state index in [1.807, 2.05) is 0 Å². The van der Waals surface area contributed by atoms with Crippen molar-refractivity contribution in [3.63, 3.8) is 0 Å². The molecule has 0 aliphatic rings. The van der Waals surface area contributed by atoms with Crippen molar-refractivity contribution in [3.05, 3.63) is 15.0 Å². The van der Waals surface area contributed by atoms with Crippen molar-refractivity contribution in [2.45, 2.75) is 52.7 Å². The van der Waals surface area contributed by atoms with Gasteiger partial charge in [0.25, 0.3) is 0 Å². The van der Waals surface area contributed by atoms with E-state index >= 15 is 0 Å². The Morgan fingerprint density at radius 3 is 2.44 bits per heavy atom. The highest BCUT2D eigenvalue weighted by Crippen LogP contribution is 2.27. The van der Waals surface area contributed by atoms with Gasteiger partial charge in [-0.2, -0.15) is 0 Å². The molecule has 1 rings (SSSR count). The smallest absolute Gasteiger partial charge is 0.139 e. The van der Waals surface area contributed by atoms with Gasteiger partial charge in [0.2, 0.25) is 0 Å². The standard InChI is InChI=1S/C11H19Br2N3/c1-5-8(4)14-6-9-15-10(12)11(13)16(9)7(2)3/h7-8,14H,5-6H2,1-4H3. The zero-order chi connectivity index (χ0) is 12.3. The van der Waals surface area contributed by atoms with E-state index < -0.39 is 0 Å². The summed E-state index contributed by atoms with van der Waals surface area (Å²) in [6.07, 6.45) is 1.13. The highest BCUT2D eigenvalue weighted by atomic mass is 79.9. The van der Waals surface area contributed by atoms with Gasteiger partial charge in [0, 0.05) is 12.1 Å². The summed E-state index contributed by atoms with van der Waals surface area (Å²) in [4.78, 5) is 4.51. The van der Waals surface area contributed by atoms with Crippen LogP contribution in [-0.4, -0.2) is 15.6 Å². The lowest BCUT2D eigenvalue weighted by atomic mass is 10.2. The van der Waals surface area contributed by atoms with E-state index in [9.17, 15) is 0 Å². The van der Waals surface area contributed by atoms with Crippen LogP contribution in [0.3, 0.4) is 0 Å².